The summed E-state index contributed by atoms with van der Waals surface area (Å²) in [6, 6.07) is 7.71. The predicted molar refractivity (Wildman–Crippen MR) is 74.6 cm³/mol. The molecule has 3 nitrogen and oxygen atoms in total. The Morgan fingerprint density at radius 3 is 2.72 bits per heavy atom. The molecule has 2 N–H and O–H groups in total. The summed E-state index contributed by atoms with van der Waals surface area (Å²) in [6.07, 6.45) is 4.73. The van der Waals surface area contributed by atoms with Crippen molar-refractivity contribution >= 4 is 11.6 Å². The van der Waals surface area contributed by atoms with Crippen LogP contribution >= 0.6 is 0 Å². The van der Waals surface area contributed by atoms with Gasteiger partial charge in [-0.15, -0.1) is 0 Å². The lowest BCUT2D eigenvalue weighted by Gasteiger charge is -2.33. The highest BCUT2D eigenvalue weighted by Crippen LogP contribution is 2.25. The van der Waals surface area contributed by atoms with Gasteiger partial charge in [0.1, 0.15) is 6.17 Å². The fourth-order valence-corrected chi connectivity index (χ4v) is 2.54. The summed E-state index contributed by atoms with van der Waals surface area (Å²) in [7, 11) is 0. The van der Waals surface area contributed by atoms with Gasteiger partial charge in [0.25, 0.3) is 5.91 Å². The minimum Gasteiger partial charge on any atom is -0.364 e. The molecule has 0 radical (unpaired) electrons. The van der Waals surface area contributed by atoms with E-state index in [4.69, 9.17) is 0 Å². The van der Waals surface area contributed by atoms with Crippen LogP contribution < -0.4 is 10.6 Å². The van der Waals surface area contributed by atoms with Gasteiger partial charge in [0.15, 0.2) is 0 Å². The topological polar surface area (TPSA) is 41.1 Å². The zero-order chi connectivity index (χ0) is 13.0. The Morgan fingerprint density at radius 2 is 2.00 bits per heavy atom. The number of carbonyl (C=O) groups is 1. The highest BCUT2D eigenvalue weighted by molar-refractivity contribution is 6.01. The first-order valence-electron chi connectivity index (χ1n) is 6.92. The van der Waals surface area contributed by atoms with Gasteiger partial charge in [-0.05, 0) is 30.9 Å². The summed E-state index contributed by atoms with van der Waals surface area (Å²) < 4.78 is 0. The molecular formula is C15H22N2O. The Balaban J connectivity index is 2.11. The number of fused-ring (bicyclic) bond motifs is 1. The predicted octanol–water partition coefficient (Wildman–Crippen LogP) is 3.38. The summed E-state index contributed by atoms with van der Waals surface area (Å²) in [5.41, 5.74) is 1.71. The van der Waals surface area contributed by atoms with Gasteiger partial charge < -0.3 is 10.6 Å². The van der Waals surface area contributed by atoms with Crippen LogP contribution in [-0.2, 0) is 0 Å². The maximum Gasteiger partial charge on any atom is 0.254 e. The highest BCUT2D eigenvalue weighted by Gasteiger charge is 2.27. The van der Waals surface area contributed by atoms with E-state index in [1.54, 1.807) is 0 Å². The summed E-state index contributed by atoms with van der Waals surface area (Å²) >= 11 is 0. The smallest absolute Gasteiger partial charge is 0.254 e. The third-order valence-electron chi connectivity index (χ3n) is 3.69. The Bertz CT molecular complexity index is 417. The molecule has 2 rings (SSSR count). The number of nitrogens with one attached hydrogen (secondary N) is 2. The minimum absolute atomic E-state index is 0.0456. The fourth-order valence-electron chi connectivity index (χ4n) is 2.54. The monoisotopic (exact) mass is 246 g/mol. The second-order valence-corrected chi connectivity index (χ2v) is 4.95. The van der Waals surface area contributed by atoms with Crippen molar-refractivity contribution in [3.8, 4) is 0 Å². The lowest BCUT2D eigenvalue weighted by atomic mass is 9.94. The average molecular weight is 246 g/mol. The van der Waals surface area contributed by atoms with E-state index in [0.717, 1.165) is 24.1 Å². The normalized spacial score (nSPS) is 19.7. The molecule has 0 aliphatic carbocycles. The fraction of sp³-hybridized carbons (Fsp3) is 0.533. The molecule has 1 aliphatic heterocycles. The van der Waals surface area contributed by atoms with E-state index >= 15 is 0 Å². The first-order valence-corrected chi connectivity index (χ1v) is 6.92. The molecule has 0 saturated carbocycles. The van der Waals surface area contributed by atoms with Gasteiger partial charge in [-0.3, -0.25) is 4.79 Å². The Hall–Kier alpha value is -1.51. The molecule has 0 unspecified atom stereocenters. The van der Waals surface area contributed by atoms with Gasteiger partial charge in [-0.2, -0.15) is 0 Å². The molecule has 0 fully saturated rings. The molecule has 1 heterocycles. The molecular weight excluding hydrogens is 224 g/mol. The molecule has 3 heteroatoms. The van der Waals surface area contributed by atoms with Crippen molar-refractivity contribution in [2.24, 2.45) is 5.92 Å². The van der Waals surface area contributed by atoms with Gasteiger partial charge in [0, 0.05) is 5.69 Å². The number of unbranched alkanes of at least 4 members (excludes halogenated alkanes) is 1. The molecule has 0 bridgehead atoms. The van der Waals surface area contributed by atoms with Crippen molar-refractivity contribution in [3.05, 3.63) is 29.8 Å². The second kappa shape index (κ2) is 5.89. The number of hydrogen-bond donors (Lipinski definition) is 2. The van der Waals surface area contributed by atoms with E-state index < -0.39 is 0 Å². The first-order chi connectivity index (χ1) is 8.76. The van der Waals surface area contributed by atoms with Gasteiger partial charge in [-0.25, -0.2) is 0 Å². The van der Waals surface area contributed by atoms with E-state index in [0.29, 0.717) is 5.92 Å². The summed E-state index contributed by atoms with van der Waals surface area (Å²) in [6.45, 7) is 4.39. The number of para-hydroxylation sites is 1. The number of rotatable bonds is 5. The van der Waals surface area contributed by atoms with Crippen LogP contribution in [0.25, 0.3) is 0 Å². The van der Waals surface area contributed by atoms with E-state index in [1.165, 1.54) is 12.8 Å². The lowest BCUT2D eigenvalue weighted by Crippen LogP contribution is -2.49. The molecule has 98 valence electrons. The maximum atomic E-state index is 12.0. The van der Waals surface area contributed by atoms with Crippen LogP contribution in [0.5, 0.6) is 0 Å². The van der Waals surface area contributed by atoms with Crippen LogP contribution in [0.2, 0.25) is 0 Å². The summed E-state index contributed by atoms with van der Waals surface area (Å²) in [4.78, 5) is 12.0. The number of amides is 1. The van der Waals surface area contributed by atoms with E-state index in [9.17, 15) is 4.79 Å². The molecule has 0 spiro atoms. The molecule has 0 saturated heterocycles. The van der Waals surface area contributed by atoms with Crippen molar-refractivity contribution in [2.45, 2.75) is 45.7 Å². The van der Waals surface area contributed by atoms with Gasteiger partial charge in [-0.1, -0.05) is 38.8 Å². The molecule has 18 heavy (non-hydrogen) atoms. The Labute approximate surface area is 109 Å². The molecule has 1 amide bonds. The Kier molecular flexibility index (Phi) is 4.24. The summed E-state index contributed by atoms with van der Waals surface area (Å²) in [5, 5.41) is 6.54. The van der Waals surface area contributed by atoms with Gasteiger partial charge in [0.05, 0.1) is 5.56 Å². The number of hydrogen-bond acceptors (Lipinski definition) is 2. The van der Waals surface area contributed by atoms with Crippen LogP contribution in [0.4, 0.5) is 5.69 Å². The molecule has 2 atom stereocenters. The Morgan fingerprint density at radius 1 is 1.22 bits per heavy atom. The molecule has 1 aliphatic rings. The van der Waals surface area contributed by atoms with E-state index in [1.807, 2.05) is 24.3 Å². The maximum absolute atomic E-state index is 12.0. The quantitative estimate of drug-likeness (QED) is 0.836. The van der Waals surface area contributed by atoms with Crippen LogP contribution in [0, 0.1) is 5.92 Å². The van der Waals surface area contributed by atoms with Crippen molar-refractivity contribution in [1.29, 1.82) is 0 Å². The standard InChI is InChI=1S/C15H22N2O/c1-3-5-8-11(4-2)14-16-13-10-7-6-9-12(13)15(18)17-14/h6-7,9-11,14,16H,3-5,8H2,1-2H3,(H,17,18)/t11-,14+/m1/s1. The second-order valence-electron chi connectivity index (χ2n) is 4.95. The molecule has 0 aromatic heterocycles. The summed E-state index contributed by atoms with van der Waals surface area (Å²) in [5.74, 6) is 0.548. The minimum atomic E-state index is 0.0456. The average Bonchev–Trinajstić information content (AvgIpc) is 2.40. The molecule has 1 aromatic carbocycles. The zero-order valence-corrected chi connectivity index (χ0v) is 11.2. The van der Waals surface area contributed by atoms with Crippen LogP contribution in [0.15, 0.2) is 24.3 Å². The number of benzene rings is 1. The van der Waals surface area contributed by atoms with Crippen molar-refractivity contribution in [2.75, 3.05) is 5.32 Å². The third-order valence-corrected chi connectivity index (χ3v) is 3.69. The third kappa shape index (κ3) is 2.66. The van der Waals surface area contributed by atoms with Gasteiger partial charge in [0.2, 0.25) is 0 Å². The SMILES string of the molecule is CCCC[C@@H](CC)[C@@H]1NC(=O)c2ccccc2N1. The number of anilines is 1. The van der Waals surface area contributed by atoms with Crippen LogP contribution in [0.1, 0.15) is 49.9 Å². The van der Waals surface area contributed by atoms with Gasteiger partial charge >= 0.3 is 0 Å². The largest absolute Gasteiger partial charge is 0.364 e. The first kappa shape index (κ1) is 12.9. The lowest BCUT2D eigenvalue weighted by molar-refractivity contribution is 0.0919. The van der Waals surface area contributed by atoms with Crippen molar-refractivity contribution < 1.29 is 4.79 Å². The van der Waals surface area contributed by atoms with Crippen molar-refractivity contribution in [3.63, 3.8) is 0 Å². The zero-order valence-electron chi connectivity index (χ0n) is 11.2. The van der Waals surface area contributed by atoms with E-state index in [-0.39, 0.29) is 12.1 Å². The van der Waals surface area contributed by atoms with Crippen LogP contribution in [-0.4, -0.2) is 12.1 Å². The van der Waals surface area contributed by atoms with Crippen molar-refractivity contribution in [1.82, 2.24) is 5.32 Å². The molecule has 1 aromatic rings. The van der Waals surface area contributed by atoms with Crippen LogP contribution in [0.3, 0.4) is 0 Å². The highest BCUT2D eigenvalue weighted by atomic mass is 16.2. The number of carbonyl (C=O) groups excluding carboxylic acids is 1. The van der Waals surface area contributed by atoms with E-state index in [2.05, 4.69) is 24.5 Å².